The number of amides is 1. The van der Waals surface area contributed by atoms with Crippen LogP contribution in [0.3, 0.4) is 0 Å². The number of rotatable bonds is 9. The summed E-state index contributed by atoms with van der Waals surface area (Å²) in [6.07, 6.45) is 4.63. The largest absolute Gasteiger partial charge is 0.494 e. The fraction of sp³-hybridized carbons (Fsp3) is 0.407. The number of hydrogen-bond donors (Lipinski definition) is 1. The van der Waals surface area contributed by atoms with E-state index >= 15 is 0 Å². The van der Waals surface area contributed by atoms with E-state index in [1.54, 1.807) is 0 Å². The first-order valence-electron chi connectivity index (χ1n) is 11.8. The van der Waals surface area contributed by atoms with Crippen LogP contribution in [0.1, 0.15) is 30.9 Å². The smallest absolute Gasteiger partial charge is 0.254 e. The molecule has 0 aliphatic carbocycles. The number of nitrogens with zero attached hydrogens (tertiary/aromatic N) is 2. The van der Waals surface area contributed by atoms with Crippen molar-refractivity contribution in [2.45, 2.75) is 31.4 Å². The van der Waals surface area contributed by atoms with Crippen molar-refractivity contribution < 1.29 is 24.1 Å². The van der Waals surface area contributed by atoms with Crippen molar-refractivity contribution in [3.05, 3.63) is 71.8 Å². The van der Waals surface area contributed by atoms with Gasteiger partial charge in [-0.25, -0.2) is 4.99 Å². The van der Waals surface area contributed by atoms with E-state index in [-0.39, 0.29) is 12.5 Å². The molecule has 0 unspecified atom stereocenters. The standard InChI is InChI=1S/C27H32N2O5/c1-21-27(26(31)29-15-19-32-20-16-29,14-5-9-22-7-3-2-4-8-22)28-25(34-21)23-10-12-24(13-11-23)33-18-6-17-30/h2-5,7-13,21,30H,6,14-20H2,1H3/b9-5+/t21-,27-/m1/s1. The van der Waals surface area contributed by atoms with Crippen molar-refractivity contribution in [2.75, 3.05) is 39.5 Å². The van der Waals surface area contributed by atoms with Crippen molar-refractivity contribution >= 4 is 17.9 Å². The molecular formula is C27H32N2O5. The minimum Gasteiger partial charge on any atom is -0.494 e. The second-order valence-electron chi connectivity index (χ2n) is 8.47. The molecule has 180 valence electrons. The van der Waals surface area contributed by atoms with Gasteiger partial charge in [-0.3, -0.25) is 4.79 Å². The Morgan fingerprint density at radius 1 is 1.18 bits per heavy atom. The van der Waals surface area contributed by atoms with E-state index in [1.165, 1.54) is 0 Å². The predicted molar refractivity (Wildman–Crippen MR) is 131 cm³/mol. The summed E-state index contributed by atoms with van der Waals surface area (Å²) in [7, 11) is 0. The van der Waals surface area contributed by atoms with Crippen LogP contribution in [0.5, 0.6) is 5.75 Å². The zero-order chi connectivity index (χ0) is 23.8. The van der Waals surface area contributed by atoms with Gasteiger partial charge in [0.25, 0.3) is 5.91 Å². The summed E-state index contributed by atoms with van der Waals surface area (Å²) < 4.78 is 17.2. The Kier molecular flexibility index (Phi) is 7.98. The molecule has 0 bridgehead atoms. The van der Waals surface area contributed by atoms with Gasteiger partial charge < -0.3 is 24.2 Å². The summed E-state index contributed by atoms with van der Waals surface area (Å²) >= 11 is 0. The molecule has 1 N–H and O–H groups in total. The molecule has 1 saturated heterocycles. The summed E-state index contributed by atoms with van der Waals surface area (Å²) in [5, 5.41) is 8.92. The Bertz CT molecular complexity index is 999. The van der Waals surface area contributed by atoms with Gasteiger partial charge in [-0.2, -0.15) is 0 Å². The van der Waals surface area contributed by atoms with Gasteiger partial charge in [0, 0.05) is 38.1 Å². The molecule has 0 aromatic heterocycles. The summed E-state index contributed by atoms with van der Waals surface area (Å²) in [6.45, 7) is 4.64. The minimum atomic E-state index is -1.03. The maximum absolute atomic E-state index is 13.8. The quantitative estimate of drug-likeness (QED) is 0.576. The average Bonchev–Trinajstić information content (AvgIpc) is 3.22. The molecular weight excluding hydrogens is 432 g/mol. The van der Waals surface area contributed by atoms with Crippen LogP contribution in [-0.2, 0) is 14.3 Å². The minimum absolute atomic E-state index is 0.0278. The van der Waals surface area contributed by atoms with Crippen LogP contribution in [0.4, 0.5) is 0 Å². The Balaban J connectivity index is 1.59. The zero-order valence-electron chi connectivity index (χ0n) is 19.6. The van der Waals surface area contributed by atoms with Crippen molar-refractivity contribution in [1.29, 1.82) is 0 Å². The highest BCUT2D eigenvalue weighted by molar-refractivity contribution is 6.01. The van der Waals surface area contributed by atoms with Gasteiger partial charge in [0.2, 0.25) is 5.90 Å². The van der Waals surface area contributed by atoms with E-state index in [0.717, 1.165) is 11.1 Å². The van der Waals surface area contributed by atoms with Crippen LogP contribution < -0.4 is 4.74 Å². The summed E-state index contributed by atoms with van der Waals surface area (Å²) in [5.41, 5.74) is 0.836. The highest BCUT2D eigenvalue weighted by Gasteiger charge is 2.51. The first-order valence-corrected chi connectivity index (χ1v) is 11.8. The normalized spacial score (nSPS) is 22.5. The number of aliphatic imine (C=N–C) groups is 1. The molecule has 1 fully saturated rings. The molecule has 2 atom stereocenters. The molecule has 2 aromatic rings. The number of carbonyl (C=O) groups excluding carboxylic acids is 1. The lowest BCUT2D eigenvalue weighted by atomic mass is 9.88. The van der Waals surface area contributed by atoms with E-state index in [2.05, 4.69) is 0 Å². The number of aliphatic hydroxyl groups excluding tert-OH is 1. The van der Waals surface area contributed by atoms with Crippen LogP contribution in [0, 0.1) is 0 Å². The lowest BCUT2D eigenvalue weighted by molar-refractivity contribution is -0.143. The summed E-state index contributed by atoms with van der Waals surface area (Å²) in [4.78, 5) is 20.5. The van der Waals surface area contributed by atoms with Gasteiger partial charge in [-0.1, -0.05) is 42.5 Å². The maximum Gasteiger partial charge on any atom is 0.254 e. The molecule has 0 radical (unpaired) electrons. The third-order valence-electron chi connectivity index (χ3n) is 6.14. The number of carbonyl (C=O) groups is 1. The molecule has 4 rings (SSSR count). The molecule has 1 amide bonds. The van der Waals surface area contributed by atoms with Crippen LogP contribution in [0.15, 0.2) is 65.7 Å². The van der Waals surface area contributed by atoms with Gasteiger partial charge >= 0.3 is 0 Å². The maximum atomic E-state index is 13.8. The molecule has 0 spiro atoms. The van der Waals surface area contributed by atoms with Gasteiger partial charge in [0.15, 0.2) is 5.54 Å². The summed E-state index contributed by atoms with van der Waals surface area (Å²) in [5.74, 6) is 1.15. The lowest BCUT2D eigenvalue weighted by Crippen LogP contribution is -2.55. The van der Waals surface area contributed by atoms with Gasteiger partial charge in [0.05, 0.1) is 19.8 Å². The second kappa shape index (κ2) is 11.3. The predicted octanol–water partition coefficient (Wildman–Crippen LogP) is 3.31. The molecule has 2 heterocycles. The first kappa shape index (κ1) is 24.0. The first-order chi connectivity index (χ1) is 16.6. The second-order valence-corrected chi connectivity index (χ2v) is 8.47. The Hall–Kier alpha value is -3.16. The third kappa shape index (κ3) is 5.48. The summed E-state index contributed by atoms with van der Waals surface area (Å²) in [6, 6.07) is 17.5. The topological polar surface area (TPSA) is 80.6 Å². The van der Waals surface area contributed by atoms with E-state index in [4.69, 9.17) is 24.3 Å². The SMILES string of the molecule is C[C@H]1OC(c2ccc(OCCCO)cc2)=N[C@@]1(C/C=C/c1ccccc1)C(=O)N1CCOCC1. The molecule has 2 aliphatic heterocycles. The molecule has 0 saturated carbocycles. The highest BCUT2D eigenvalue weighted by atomic mass is 16.5. The van der Waals surface area contributed by atoms with Crippen molar-refractivity contribution in [3.63, 3.8) is 0 Å². The highest BCUT2D eigenvalue weighted by Crippen LogP contribution is 2.35. The van der Waals surface area contributed by atoms with Crippen LogP contribution in [0.2, 0.25) is 0 Å². The van der Waals surface area contributed by atoms with Crippen LogP contribution in [-0.4, -0.2) is 73.0 Å². The van der Waals surface area contributed by atoms with E-state index in [9.17, 15) is 4.79 Å². The van der Waals surface area contributed by atoms with Crippen molar-refractivity contribution in [3.8, 4) is 5.75 Å². The van der Waals surface area contributed by atoms with Crippen LogP contribution in [0.25, 0.3) is 6.08 Å². The van der Waals surface area contributed by atoms with E-state index in [1.807, 2.05) is 78.6 Å². The molecule has 2 aliphatic rings. The Labute approximate surface area is 200 Å². The molecule has 7 heteroatoms. The molecule has 34 heavy (non-hydrogen) atoms. The molecule has 2 aromatic carbocycles. The number of ether oxygens (including phenoxy) is 3. The molecule has 7 nitrogen and oxygen atoms in total. The Morgan fingerprint density at radius 2 is 1.91 bits per heavy atom. The van der Waals surface area contributed by atoms with Crippen molar-refractivity contribution in [2.24, 2.45) is 4.99 Å². The van der Waals surface area contributed by atoms with E-state index in [0.29, 0.717) is 57.4 Å². The fourth-order valence-electron chi connectivity index (χ4n) is 4.14. The lowest BCUT2D eigenvalue weighted by Gasteiger charge is -2.35. The monoisotopic (exact) mass is 464 g/mol. The van der Waals surface area contributed by atoms with Crippen LogP contribution >= 0.6 is 0 Å². The van der Waals surface area contributed by atoms with Crippen molar-refractivity contribution in [1.82, 2.24) is 4.90 Å². The Morgan fingerprint density at radius 3 is 2.62 bits per heavy atom. The number of aliphatic hydroxyl groups is 1. The van der Waals surface area contributed by atoms with Gasteiger partial charge in [-0.05, 0) is 36.8 Å². The zero-order valence-corrected chi connectivity index (χ0v) is 19.6. The third-order valence-corrected chi connectivity index (χ3v) is 6.14. The fourth-order valence-corrected chi connectivity index (χ4v) is 4.14. The average molecular weight is 465 g/mol. The number of benzene rings is 2. The number of morpholine rings is 1. The van der Waals surface area contributed by atoms with Gasteiger partial charge in [-0.15, -0.1) is 0 Å². The number of hydrogen-bond acceptors (Lipinski definition) is 6. The van der Waals surface area contributed by atoms with E-state index < -0.39 is 11.6 Å². The van der Waals surface area contributed by atoms with Gasteiger partial charge in [0.1, 0.15) is 11.9 Å².